The molecule has 1 atom stereocenters. The molecule has 23 heavy (non-hydrogen) atoms. The topological polar surface area (TPSA) is 44.8 Å². The zero-order valence-electron chi connectivity index (χ0n) is 14.1. The third-order valence-electron chi connectivity index (χ3n) is 5.08. The summed E-state index contributed by atoms with van der Waals surface area (Å²) >= 11 is 0. The first kappa shape index (κ1) is 16.3. The van der Waals surface area contributed by atoms with Gasteiger partial charge in [-0.15, -0.1) is 0 Å². The Morgan fingerprint density at radius 2 is 1.91 bits per heavy atom. The first-order chi connectivity index (χ1) is 11.1. The summed E-state index contributed by atoms with van der Waals surface area (Å²) in [6.45, 7) is 3.56. The highest BCUT2D eigenvalue weighted by atomic mass is 16.5. The smallest absolute Gasteiger partial charge is 0.229 e. The van der Waals surface area contributed by atoms with Crippen molar-refractivity contribution < 1.29 is 9.53 Å². The number of carbonyl (C=O) groups is 1. The van der Waals surface area contributed by atoms with Crippen LogP contribution in [0.1, 0.15) is 19.3 Å². The summed E-state index contributed by atoms with van der Waals surface area (Å²) in [5.74, 6) is 0.0653. The average Bonchev–Trinajstić information content (AvgIpc) is 3.10. The fourth-order valence-electron chi connectivity index (χ4n) is 3.36. The van der Waals surface area contributed by atoms with Gasteiger partial charge in [0.05, 0.1) is 12.5 Å². The first-order valence-electron chi connectivity index (χ1n) is 8.53. The Hall–Kier alpha value is -1.59. The summed E-state index contributed by atoms with van der Waals surface area (Å²) in [6, 6.07) is 8.78. The molecular formula is C18H27N3O2. The normalized spacial score (nSPS) is 23.0. The van der Waals surface area contributed by atoms with Gasteiger partial charge in [0.2, 0.25) is 5.91 Å². The highest BCUT2D eigenvalue weighted by Crippen LogP contribution is 2.24. The van der Waals surface area contributed by atoms with E-state index in [1.807, 2.05) is 12.1 Å². The van der Waals surface area contributed by atoms with Gasteiger partial charge in [-0.2, -0.15) is 0 Å². The Labute approximate surface area is 138 Å². The van der Waals surface area contributed by atoms with Crippen molar-refractivity contribution >= 4 is 17.3 Å². The number of rotatable bonds is 4. The minimum atomic E-state index is -0.00317. The van der Waals surface area contributed by atoms with Crippen molar-refractivity contribution in [2.75, 3.05) is 50.6 Å². The van der Waals surface area contributed by atoms with Gasteiger partial charge in [0.15, 0.2) is 0 Å². The molecule has 2 aliphatic heterocycles. The van der Waals surface area contributed by atoms with E-state index in [4.69, 9.17) is 4.74 Å². The van der Waals surface area contributed by atoms with Crippen molar-refractivity contribution in [3.63, 3.8) is 0 Å². The number of benzene rings is 1. The van der Waals surface area contributed by atoms with E-state index in [9.17, 15) is 4.79 Å². The van der Waals surface area contributed by atoms with Gasteiger partial charge in [0.25, 0.3) is 0 Å². The van der Waals surface area contributed by atoms with Crippen molar-refractivity contribution in [3.05, 3.63) is 24.3 Å². The third-order valence-corrected chi connectivity index (χ3v) is 5.08. The summed E-state index contributed by atoms with van der Waals surface area (Å²) in [4.78, 5) is 16.9. The number of hydrogen-bond acceptors (Lipinski definition) is 4. The van der Waals surface area contributed by atoms with Gasteiger partial charge in [-0.1, -0.05) is 0 Å². The number of nitrogens with zero attached hydrogens (tertiary/aromatic N) is 2. The lowest BCUT2D eigenvalue weighted by atomic mass is 10.0. The Kier molecular flexibility index (Phi) is 5.18. The van der Waals surface area contributed by atoms with Gasteiger partial charge in [0.1, 0.15) is 0 Å². The molecule has 1 unspecified atom stereocenters. The summed E-state index contributed by atoms with van der Waals surface area (Å²) < 4.78 is 5.27. The fraction of sp³-hybridized carbons (Fsp3) is 0.611. The number of hydrogen-bond donors (Lipinski definition) is 1. The van der Waals surface area contributed by atoms with Gasteiger partial charge >= 0.3 is 0 Å². The van der Waals surface area contributed by atoms with Crippen LogP contribution in [0.4, 0.5) is 11.4 Å². The summed E-state index contributed by atoms with van der Waals surface area (Å²) in [5, 5.41) is 2.99. The fourth-order valence-corrected chi connectivity index (χ4v) is 3.36. The average molecular weight is 317 g/mol. The Balaban J connectivity index is 1.57. The molecule has 0 radical (unpaired) electrons. The van der Waals surface area contributed by atoms with E-state index >= 15 is 0 Å². The molecule has 0 saturated carbocycles. The number of carbonyl (C=O) groups excluding carboxylic acids is 1. The molecule has 1 aromatic carbocycles. The number of ether oxygens (including phenoxy) is 1. The van der Waals surface area contributed by atoms with Crippen LogP contribution in [0.25, 0.3) is 0 Å². The van der Waals surface area contributed by atoms with Crippen LogP contribution in [0.15, 0.2) is 24.3 Å². The Morgan fingerprint density at radius 3 is 2.52 bits per heavy atom. The quantitative estimate of drug-likeness (QED) is 0.924. The number of nitrogens with one attached hydrogen (secondary N) is 1. The van der Waals surface area contributed by atoms with Crippen molar-refractivity contribution in [1.82, 2.24) is 4.90 Å². The SMILES string of the molecule is CN1CCC(N(C)c2ccc(NC(=O)C3CCOC3)cc2)CC1. The summed E-state index contributed by atoms with van der Waals surface area (Å²) in [5.41, 5.74) is 2.07. The van der Waals surface area contributed by atoms with Crippen molar-refractivity contribution in [2.24, 2.45) is 5.92 Å². The molecule has 5 heteroatoms. The minimum Gasteiger partial charge on any atom is -0.381 e. The van der Waals surface area contributed by atoms with Crippen molar-refractivity contribution in [2.45, 2.75) is 25.3 Å². The molecule has 1 aromatic rings. The molecule has 2 fully saturated rings. The molecule has 0 aromatic heterocycles. The lowest BCUT2D eigenvalue weighted by Crippen LogP contribution is -2.41. The number of piperidine rings is 1. The molecule has 0 aliphatic carbocycles. The van der Waals surface area contributed by atoms with Crippen LogP contribution in [0.5, 0.6) is 0 Å². The molecule has 3 rings (SSSR count). The highest BCUT2D eigenvalue weighted by molar-refractivity contribution is 5.92. The van der Waals surface area contributed by atoms with Crippen molar-refractivity contribution in [1.29, 1.82) is 0 Å². The third kappa shape index (κ3) is 4.03. The minimum absolute atomic E-state index is 0.00317. The Bertz CT molecular complexity index is 518. The molecule has 1 amide bonds. The lowest BCUT2D eigenvalue weighted by molar-refractivity contribution is -0.119. The standard InChI is InChI=1S/C18H27N3O2/c1-20-10-7-17(8-11-20)21(2)16-5-3-15(4-6-16)19-18(22)14-9-12-23-13-14/h3-6,14,17H,7-13H2,1-2H3,(H,19,22). The molecule has 5 nitrogen and oxygen atoms in total. The molecule has 0 bridgehead atoms. The Morgan fingerprint density at radius 1 is 1.22 bits per heavy atom. The molecule has 1 N–H and O–H groups in total. The molecule has 0 spiro atoms. The summed E-state index contributed by atoms with van der Waals surface area (Å²) in [7, 11) is 4.35. The summed E-state index contributed by atoms with van der Waals surface area (Å²) in [6.07, 6.45) is 3.23. The number of likely N-dealkylation sites (tertiary alicyclic amines) is 1. The van der Waals surface area contributed by atoms with Gasteiger partial charge in [-0.3, -0.25) is 4.79 Å². The second-order valence-corrected chi connectivity index (χ2v) is 6.74. The van der Waals surface area contributed by atoms with Crippen LogP contribution >= 0.6 is 0 Å². The van der Waals surface area contributed by atoms with E-state index in [1.54, 1.807) is 0 Å². The number of anilines is 2. The maximum absolute atomic E-state index is 12.1. The monoisotopic (exact) mass is 317 g/mol. The van der Waals surface area contributed by atoms with Gasteiger partial charge < -0.3 is 19.9 Å². The molecule has 2 aliphatic rings. The van der Waals surface area contributed by atoms with Crippen LogP contribution in [0.3, 0.4) is 0 Å². The molecule has 2 saturated heterocycles. The van der Waals surface area contributed by atoms with E-state index in [0.717, 1.165) is 25.2 Å². The lowest BCUT2D eigenvalue weighted by Gasteiger charge is -2.36. The number of amides is 1. The van der Waals surface area contributed by atoms with Gasteiger partial charge in [-0.05, 0) is 63.7 Å². The predicted molar refractivity (Wildman–Crippen MR) is 92.9 cm³/mol. The van der Waals surface area contributed by atoms with E-state index in [2.05, 4.69) is 41.3 Å². The van der Waals surface area contributed by atoms with Crippen LogP contribution in [0, 0.1) is 5.92 Å². The predicted octanol–water partition coefficient (Wildman–Crippen LogP) is 2.19. The van der Waals surface area contributed by atoms with E-state index in [-0.39, 0.29) is 11.8 Å². The van der Waals surface area contributed by atoms with Crippen LogP contribution in [-0.4, -0.2) is 57.2 Å². The molecule has 126 valence electrons. The van der Waals surface area contributed by atoms with E-state index in [0.29, 0.717) is 19.3 Å². The zero-order valence-corrected chi connectivity index (χ0v) is 14.1. The maximum Gasteiger partial charge on any atom is 0.229 e. The largest absolute Gasteiger partial charge is 0.381 e. The van der Waals surface area contributed by atoms with Crippen molar-refractivity contribution in [3.8, 4) is 0 Å². The second-order valence-electron chi connectivity index (χ2n) is 6.74. The van der Waals surface area contributed by atoms with Crippen LogP contribution in [0.2, 0.25) is 0 Å². The first-order valence-corrected chi connectivity index (χ1v) is 8.53. The zero-order chi connectivity index (χ0) is 16.2. The van der Waals surface area contributed by atoms with Gasteiger partial charge in [0, 0.05) is 31.1 Å². The van der Waals surface area contributed by atoms with Gasteiger partial charge in [-0.25, -0.2) is 0 Å². The van der Waals surface area contributed by atoms with E-state index in [1.165, 1.54) is 18.5 Å². The van der Waals surface area contributed by atoms with E-state index < -0.39 is 0 Å². The van der Waals surface area contributed by atoms with Crippen LogP contribution < -0.4 is 10.2 Å². The molecular weight excluding hydrogens is 290 g/mol. The maximum atomic E-state index is 12.1. The highest BCUT2D eigenvalue weighted by Gasteiger charge is 2.24. The molecule has 2 heterocycles. The second kappa shape index (κ2) is 7.32. The van der Waals surface area contributed by atoms with Crippen LogP contribution in [-0.2, 0) is 9.53 Å².